The zero-order valence-corrected chi connectivity index (χ0v) is 9.79. The summed E-state index contributed by atoms with van der Waals surface area (Å²) in [6, 6.07) is 0. The summed E-state index contributed by atoms with van der Waals surface area (Å²) in [5, 5.41) is 27.7. The van der Waals surface area contributed by atoms with Crippen molar-refractivity contribution < 1.29 is 15.3 Å². The summed E-state index contributed by atoms with van der Waals surface area (Å²) >= 11 is 1.25. The van der Waals surface area contributed by atoms with Gasteiger partial charge in [-0.25, -0.2) is 4.99 Å². The van der Waals surface area contributed by atoms with Crippen molar-refractivity contribution >= 4 is 24.1 Å². The molecule has 1 saturated heterocycles. The Kier molecular flexibility index (Phi) is 3.38. The van der Waals surface area contributed by atoms with Gasteiger partial charge in [0, 0.05) is 0 Å². The van der Waals surface area contributed by atoms with Crippen LogP contribution < -0.4 is 5.73 Å². The van der Waals surface area contributed by atoms with Crippen molar-refractivity contribution in [2.24, 2.45) is 15.7 Å². The summed E-state index contributed by atoms with van der Waals surface area (Å²) in [7, 11) is 0. The van der Waals surface area contributed by atoms with Crippen molar-refractivity contribution in [3.63, 3.8) is 0 Å². The number of hydrogen-bond donors (Lipinski definition) is 4. The summed E-state index contributed by atoms with van der Waals surface area (Å²) in [4.78, 5) is 9.23. The summed E-state index contributed by atoms with van der Waals surface area (Å²) in [5.74, 6) is 0.447. The summed E-state index contributed by atoms with van der Waals surface area (Å²) in [6.45, 7) is 3.49. The maximum atomic E-state index is 9.89. The highest BCUT2D eigenvalue weighted by Crippen LogP contribution is 2.37. The molecule has 0 bridgehead atoms. The van der Waals surface area contributed by atoms with Gasteiger partial charge >= 0.3 is 0 Å². The lowest BCUT2D eigenvalue weighted by Gasteiger charge is -2.29. The fourth-order valence-electron chi connectivity index (χ4n) is 1.73. The van der Waals surface area contributed by atoms with E-state index in [2.05, 4.69) is 16.6 Å². The third kappa shape index (κ3) is 2.16. The van der Waals surface area contributed by atoms with Gasteiger partial charge < -0.3 is 26.0 Å². The monoisotopic (exact) mass is 258 g/mol. The second kappa shape index (κ2) is 4.65. The van der Waals surface area contributed by atoms with Crippen LogP contribution in [-0.2, 0) is 0 Å². The molecule has 0 aromatic carbocycles. The molecule has 2 aliphatic rings. The average molecular weight is 258 g/mol. The molecule has 8 heteroatoms. The molecule has 94 valence electrons. The Balaban J connectivity index is 2.15. The summed E-state index contributed by atoms with van der Waals surface area (Å²) in [5.41, 5.74) is 5.41. The van der Waals surface area contributed by atoms with Crippen LogP contribution in [0.15, 0.2) is 22.4 Å². The molecule has 0 spiro atoms. The first kappa shape index (κ1) is 12.4. The van der Waals surface area contributed by atoms with Crippen LogP contribution in [0, 0.1) is 0 Å². The molecule has 4 atom stereocenters. The zero-order chi connectivity index (χ0) is 12.6. The van der Waals surface area contributed by atoms with Gasteiger partial charge in [-0.2, -0.15) is 4.99 Å². The third-order valence-corrected chi connectivity index (χ3v) is 4.21. The van der Waals surface area contributed by atoms with Crippen molar-refractivity contribution in [1.29, 1.82) is 0 Å². The highest BCUT2D eigenvalue weighted by molar-refractivity contribution is 8.00. The molecule has 0 aromatic heterocycles. The lowest BCUT2D eigenvalue weighted by molar-refractivity contribution is 0.00772. The molecule has 0 amide bonds. The van der Waals surface area contributed by atoms with Crippen molar-refractivity contribution in [2.75, 3.05) is 6.61 Å². The van der Waals surface area contributed by atoms with Gasteiger partial charge in [-0.3, -0.25) is 0 Å². The topological polar surface area (TPSA) is 115 Å². The standard InChI is InChI=1S/C9H14N4O3S/c1-4-12-9(10)11-3-13(4)8-7(16)6(15)5(2-14)17-8/h3,5-8,14-16H,1-2H2,(H2,10,12)/t5-,6-,7+,8-/m1/s1. The Bertz CT molecular complexity index is 386. The van der Waals surface area contributed by atoms with Crippen molar-refractivity contribution in [1.82, 2.24) is 4.90 Å². The van der Waals surface area contributed by atoms with Crippen molar-refractivity contribution in [2.45, 2.75) is 22.8 Å². The van der Waals surface area contributed by atoms with E-state index in [1.54, 1.807) is 0 Å². The van der Waals surface area contributed by atoms with Crippen LogP contribution in [0.25, 0.3) is 0 Å². The maximum Gasteiger partial charge on any atom is 0.223 e. The highest BCUT2D eigenvalue weighted by atomic mass is 32.2. The van der Waals surface area contributed by atoms with Crippen LogP contribution in [-0.4, -0.2) is 62.0 Å². The van der Waals surface area contributed by atoms with Gasteiger partial charge in [-0.15, -0.1) is 11.8 Å². The molecule has 2 heterocycles. The molecule has 0 radical (unpaired) electrons. The molecule has 2 rings (SSSR count). The lowest BCUT2D eigenvalue weighted by Crippen LogP contribution is -2.42. The van der Waals surface area contributed by atoms with E-state index < -0.39 is 22.8 Å². The Morgan fingerprint density at radius 1 is 1.47 bits per heavy atom. The second-order valence-corrected chi connectivity index (χ2v) is 5.13. The summed E-state index contributed by atoms with van der Waals surface area (Å²) in [6.07, 6.45) is -0.577. The maximum absolute atomic E-state index is 9.89. The molecular formula is C9H14N4O3S. The molecule has 2 aliphatic heterocycles. The smallest absolute Gasteiger partial charge is 0.223 e. The van der Waals surface area contributed by atoms with E-state index in [-0.39, 0.29) is 12.6 Å². The Morgan fingerprint density at radius 2 is 2.18 bits per heavy atom. The predicted molar refractivity (Wildman–Crippen MR) is 65.4 cm³/mol. The van der Waals surface area contributed by atoms with Crippen LogP contribution in [0.5, 0.6) is 0 Å². The molecule has 0 unspecified atom stereocenters. The quantitative estimate of drug-likeness (QED) is 0.468. The van der Waals surface area contributed by atoms with Gasteiger partial charge in [0.15, 0.2) is 0 Å². The van der Waals surface area contributed by atoms with Gasteiger partial charge in [0.25, 0.3) is 0 Å². The van der Waals surface area contributed by atoms with E-state index in [0.29, 0.717) is 5.82 Å². The van der Waals surface area contributed by atoms with Gasteiger partial charge in [0.1, 0.15) is 23.6 Å². The number of hydrogen-bond acceptors (Lipinski definition) is 8. The van der Waals surface area contributed by atoms with E-state index >= 15 is 0 Å². The first-order valence-electron chi connectivity index (χ1n) is 5.02. The van der Waals surface area contributed by atoms with E-state index in [1.165, 1.54) is 23.0 Å². The fourth-order valence-corrected chi connectivity index (χ4v) is 3.12. The fraction of sp³-hybridized carbons (Fsp3) is 0.556. The van der Waals surface area contributed by atoms with Crippen LogP contribution in [0.2, 0.25) is 0 Å². The van der Waals surface area contributed by atoms with Gasteiger partial charge in [0.2, 0.25) is 5.96 Å². The first-order chi connectivity index (χ1) is 8.04. The SMILES string of the molecule is C=C1N=C(N)N=CN1[C@@H]1S[C@H](CO)[C@@H](O)[C@@H]1O. The van der Waals surface area contributed by atoms with Crippen LogP contribution in [0.1, 0.15) is 0 Å². The second-order valence-electron chi connectivity index (χ2n) is 3.77. The van der Waals surface area contributed by atoms with E-state index in [9.17, 15) is 10.2 Å². The molecular weight excluding hydrogens is 244 g/mol. The van der Waals surface area contributed by atoms with E-state index in [4.69, 9.17) is 10.8 Å². The van der Waals surface area contributed by atoms with Crippen molar-refractivity contribution in [3.05, 3.63) is 12.4 Å². The van der Waals surface area contributed by atoms with Crippen LogP contribution in [0.3, 0.4) is 0 Å². The van der Waals surface area contributed by atoms with Gasteiger partial charge in [-0.05, 0) is 0 Å². The average Bonchev–Trinajstić information content (AvgIpc) is 2.57. The number of nitrogens with two attached hydrogens (primary N) is 1. The minimum absolute atomic E-state index is 0.1000. The lowest BCUT2D eigenvalue weighted by atomic mass is 10.1. The molecule has 17 heavy (non-hydrogen) atoms. The van der Waals surface area contributed by atoms with Gasteiger partial charge in [-0.1, -0.05) is 6.58 Å². The minimum atomic E-state index is -1.00. The highest BCUT2D eigenvalue weighted by Gasteiger charge is 2.45. The molecule has 0 saturated carbocycles. The molecule has 0 aliphatic carbocycles. The molecule has 1 fully saturated rings. The molecule has 5 N–H and O–H groups in total. The first-order valence-corrected chi connectivity index (χ1v) is 5.97. The predicted octanol–water partition coefficient (Wildman–Crippen LogP) is -1.73. The zero-order valence-electron chi connectivity index (χ0n) is 8.97. The summed E-state index contributed by atoms with van der Waals surface area (Å²) < 4.78 is 0. The molecule has 7 nitrogen and oxygen atoms in total. The van der Waals surface area contributed by atoms with E-state index in [0.717, 1.165) is 0 Å². The number of aliphatic hydroxyl groups is 3. The number of aliphatic imine (C=N–C) groups is 2. The normalized spacial score (nSPS) is 37.5. The Morgan fingerprint density at radius 3 is 2.71 bits per heavy atom. The van der Waals surface area contributed by atoms with Crippen LogP contribution >= 0.6 is 11.8 Å². The van der Waals surface area contributed by atoms with Crippen LogP contribution in [0.4, 0.5) is 0 Å². The van der Waals surface area contributed by atoms with Crippen molar-refractivity contribution in [3.8, 4) is 0 Å². The number of guanidine groups is 1. The Labute approximate surface area is 102 Å². The largest absolute Gasteiger partial charge is 0.395 e. The molecule has 0 aromatic rings. The Hall–Kier alpha value is -1.09. The van der Waals surface area contributed by atoms with Gasteiger partial charge in [0.05, 0.1) is 18.0 Å². The minimum Gasteiger partial charge on any atom is -0.395 e. The third-order valence-electron chi connectivity index (χ3n) is 2.65. The number of thioether (sulfide) groups is 1. The number of aliphatic hydroxyl groups excluding tert-OH is 3. The number of nitrogens with zero attached hydrogens (tertiary/aromatic N) is 3. The van der Waals surface area contributed by atoms with E-state index in [1.807, 2.05) is 0 Å². The number of rotatable bonds is 2.